The molecule has 4 nitrogen and oxygen atoms in total. The Hall–Kier alpha value is -0.230. The van der Waals surface area contributed by atoms with Crippen molar-refractivity contribution in [2.24, 2.45) is 11.7 Å². The van der Waals surface area contributed by atoms with Crippen LogP contribution >= 0.6 is 48.0 Å². The summed E-state index contributed by atoms with van der Waals surface area (Å²) in [6, 6.07) is 6.06. The second kappa shape index (κ2) is 11.2. The zero-order chi connectivity index (χ0) is 18.7. The van der Waals surface area contributed by atoms with Crippen LogP contribution in [0.1, 0.15) is 51.0 Å². The molecule has 1 saturated carbocycles. The molecule has 1 aliphatic heterocycles. The summed E-state index contributed by atoms with van der Waals surface area (Å²) in [6.07, 6.45) is 6.03. The summed E-state index contributed by atoms with van der Waals surface area (Å²) in [6.45, 7) is 4.82. The number of nitrogens with two attached hydrogens (primary N) is 1. The molecule has 2 atom stereocenters. The molecule has 3 rings (SSSR count). The first-order valence-electron chi connectivity index (χ1n) is 9.61. The summed E-state index contributed by atoms with van der Waals surface area (Å²) >= 11 is 12.1. The van der Waals surface area contributed by atoms with Crippen LogP contribution in [0.2, 0.25) is 10.0 Å². The van der Waals surface area contributed by atoms with Crippen LogP contribution in [0.5, 0.6) is 0 Å². The van der Waals surface area contributed by atoms with Crippen LogP contribution in [0.4, 0.5) is 0 Å². The number of carbonyl (C=O) groups is 1. The summed E-state index contributed by atoms with van der Waals surface area (Å²) < 4.78 is 0. The van der Waals surface area contributed by atoms with Crippen molar-refractivity contribution in [1.29, 1.82) is 0 Å². The predicted octanol–water partition coefficient (Wildman–Crippen LogP) is 4.83. The third kappa shape index (κ3) is 6.65. The van der Waals surface area contributed by atoms with E-state index in [4.69, 9.17) is 28.9 Å². The van der Waals surface area contributed by atoms with Crippen molar-refractivity contribution in [1.82, 2.24) is 10.2 Å². The number of likely N-dealkylation sites (tertiary alicyclic amines) is 1. The molecule has 2 unspecified atom stereocenters. The largest absolute Gasteiger partial charge is 0.353 e. The predicted molar refractivity (Wildman–Crippen MR) is 122 cm³/mol. The molecule has 2 fully saturated rings. The zero-order valence-electron chi connectivity index (χ0n) is 16.3. The van der Waals surface area contributed by atoms with E-state index in [0.29, 0.717) is 10.0 Å². The maximum Gasteiger partial charge on any atom is 0.225 e. The molecule has 28 heavy (non-hydrogen) atoms. The van der Waals surface area contributed by atoms with Crippen molar-refractivity contribution in [3.05, 3.63) is 33.8 Å². The highest BCUT2D eigenvalue weighted by Crippen LogP contribution is 2.32. The van der Waals surface area contributed by atoms with Crippen LogP contribution in [-0.4, -0.2) is 35.5 Å². The van der Waals surface area contributed by atoms with Crippen LogP contribution in [-0.2, 0) is 11.3 Å². The van der Waals surface area contributed by atoms with E-state index in [9.17, 15) is 4.79 Å². The van der Waals surface area contributed by atoms with Gasteiger partial charge in [-0.1, -0.05) is 42.1 Å². The van der Waals surface area contributed by atoms with Crippen LogP contribution in [0, 0.1) is 5.92 Å². The second-order valence-electron chi connectivity index (χ2n) is 8.11. The molecule has 1 aliphatic carbocycles. The van der Waals surface area contributed by atoms with Crippen molar-refractivity contribution in [3.8, 4) is 0 Å². The Morgan fingerprint density at radius 2 is 1.86 bits per heavy atom. The lowest BCUT2D eigenvalue weighted by Crippen LogP contribution is -2.55. The van der Waals surface area contributed by atoms with Gasteiger partial charge in [-0.15, -0.1) is 24.8 Å². The third-order valence-corrected chi connectivity index (χ3v) is 6.63. The van der Waals surface area contributed by atoms with Crippen molar-refractivity contribution >= 4 is 53.9 Å². The first-order chi connectivity index (χ1) is 12.3. The van der Waals surface area contributed by atoms with Crippen molar-refractivity contribution in [2.45, 2.75) is 63.6 Å². The molecule has 1 amide bonds. The summed E-state index contributed by atoms with van der Waals surface area (Å²) in [5.41, 5.74) is 7.17. The molecule has 3 N–H and O–H groups in total. The number of nitrogens with zero attached hydrogens (tertiary/aromatic N) is 1. The van der Waals surface area contributed by atoms with Crippen LogP contribution in [0.15, 0.2) is 18.2 Å². The zero-order valence-corrected chi connectivity index (χ0v) is 19.4. The van der Waals surface area contributed by atoms with Gasteiger partial charge < -0.3 is 11.1 Å². The second-order valence-corrected chi connectivity index (χ2v) is 8.93. The van der Waals surface area contributed by atoms with Gasteiger partial charge in [-0.3, -0.25) is 9.69 Å². The highest BCUT2D eigenvalue weighted by Gasteiger charge is 2.38. The number of rotatable bonds is 4. The topological polar surface area (TPSA) is 58.4 Å². The Morgan fingerprint density at radius 3 is 2.46 bits per heavy atom. The normalized spacial score (nSPS) is 26.1. The summed E-state index contributed by atoms with van der Waals surface area (Å²) in [5, 5.41) is 4.45. The first-order valence-corrected chi connectivity index (χ1v) is 10.4. The number of carbonyl (C=O) groups excluding carboxylic acids is 1. The summed E-state index contributed by atoms with van der Waals surface area (Å²) in [7, 11) is 0. The number of halogens is 4. The Bertz CT molecular complexity index is 648. The molecule has 1 saturated heterocycles. The van der Waals surface area contributed by atoms with Crippen LogP contribution in [0.25, 0.3) is 0 Å². The monoisotopic (exact) mass is 469 g/mol. The van der Waals surface area contributed by atoms with E-state index in [1.54, 1.807) is 0 Å². The molecule has 2 aliphatic rings. The van der Waals surface area contributed by atoms with Gasteiger partial charge in [0.2, 0.25) is 5.91 Å². The van der Waals surface area contributed by atoms with Gasteiger partial charge in [0.15, 0.2) is 0 Å². The maximum absolute atomic E-state index is 12.7. The maximum atomic E-state index is 12.7. The van der Waals surface area contributed by atoms with E-state index in [1.807, 2.05) is 25.1 Å². The van der Waals surface area contributed by atoms with E-state index in [-0.39, 0.29) is 48.2 Å². The van der Waals surface area contributed by atoms with Crippen molar-refractivity contribution in [2.75, 3.05) is 13.1 Å². The molecule has 1 aromatic rings. The fourth-order valence-electron chi connectivity index (χ4n) is 4.22. The van der Waals surface area contributed by atoms with E-state index < -0.39 is 0 Å². The van der Waals surface area contributed by atoms with Crippen LogP contribution in [0.3, 0.4) is 0 Å². The fraction of sp³-hybridized carbons (Fsp3) is 0.650. The minimum atomic E-state index is -0.364. The Kier molecular flexibility index (Phi) is 10.4. The average Bonchev–Trinajstić information content (AvgIpc) is 2.59. The van der Waals surface area contributed by atoms with Gasteiger partial charge in [-0.05, 0) is 50.3 Å². The SMILES string of the molecule is CC1(N)CCCCC1C(=O)NC1CCN(Cc2ccc(Cl)c(Cl)c2)CC1.Cl.Cl. The lowest BCUT2D eigenvalue weighted by molar-refractivity contribution is -0.129. The minimum Gasteiger partial charge on any atom is -0.353 e. The van der Waals surface area contributed by atoms with Gasteiger partial charge in [0, 0.05) is 31.2 Å². The van der Waals surface area contributed by atoms with Crippen LogP contribution < -0.4 is 11.1 Å². The quantitative estimate of drug-likeness (QED) is 0.662. The number of piperidine rings is 1. The fourth-order valence-corrected chi connectivity index (χ4v) is 4.54. The molecular formula is C20H31Cl4N3O. The van der Waals surface area contributed by atoms with Gasteiger partial charge in [0.05, 0.1) is 16.0 Å². The molecule has 0 aromatic heterocycles. The molecular weight excluding hydrogens is 440 g/mol. The number of hydrogen-bond acceptors (Lipinski definition) is 3. The lowest BCUT2D eigenvalue weighted by Gasteiger charge is -2.39. The number of nitrogens with one attached hydrogen (secondary N) is 1. The van der Waals surface area contributed by atoms with Crippen molar-refractivity contribution < 1.29 is 4.79 Å². The lowest BCUT2D eigenvalue weighted by atomic mass is 9.74. The highest BCUT2D eigenvalue weighted by atomic mass is 35.5. The van der Waals surface area contributed by atoms with E-state index in [0.717, 1.165) is 58.2 Å². The molecule has 0 spiro atoms. The Balaban J connectivity index is 0.00000196. The first kappa shape index (κ1) is 25.8. The highest BCUT2D eigenvalue weighted by molar-refractivity contribution is 6.42. The van der Waals surface area contributed by atoms with E-state index in [2.05, 4.69) is 10.2 Å². The summed E-state index contributed by atoms with van der Waals surface area (Å²) in [5.74, 6) is 0.100. The van der Waals surface area contributed by atoms with E-state index in [1.165, 1.54) is 5.56 Å². The Morgan fingerprint density at radius 1 is 1.18 bits per heavy atom. The van der Waals surface area contributed by atoms with Gasteiger partial charge in [0.1, 0.15) is 0 Å². The van der Waals surface area contributed by atoms with Gasteiger partial charge in [-0.25, -0.2) is 0 Å². The summed E-state index contributed by atoms with van der Waals surface area (Å²) in [4.78, 5) is 15.1. The van der Waals surface area contributed by atoms with E-state index >= 15 is 0 Å². The standard InChI is InChI=1S/C20H29Cl2N3O.2ClH/c1-20(23)9-3-2-4-16(20)19(26)24-15-7-10-25(11-8-15)13-14-5-6-17(21)18(22)12-14;;/h5-6,12,15-16H,2-4,7-11,13,23H2,1H3,(H,24,26);2*1H. The third-order valence-electron chi connectivity index (χ3n) is 5.89. The molecule has 8 heteroatoms. The smallest absolute Gasteiger partial charge is 0.225 e. The Labute approximate surface area is 190 Å². The molecule has 0 bridgehead atoms. The van der Waals surface area contributed by atoms with Gasteiger partial charge in [0.25, 0.3) is 0 Å². The minimum absolute atomic E-state index is 0. The average molecular weight is 471 g/mol. The number of benzene rings is 1. The molecule has 1 heterocycles. The van der Waals surface area contributed by atoms with Crippen molar-refractivity contribution in [3.63, 3.8) is 0 Å². The molecule has 160 valence electrons. The van der Waals surface area contributed by atoms with Gasteiger partial charge >= 0.3 is 0 Å². The number of hydrogen-bond donors (Lipinski definition) is 2. The molecule has 0 radical (unpaired) electrons. The molecule has 1 aromatic carbocycles. The number of amides is 1. The van der Waals surface area contributed by atoms with Gasteiger partial charge in [-0.2, -0.15) is 0 Å².